The average molecular weight is 457 g/mol. The van der Waals surface area contributed by atoms with Crippen LogP contribution in [0.5, 0.6) is 5.75 Å². The molecular weight excluding hydrogens is 434 g/mol. The molecule has 0 unspecified atom stereocenters. The first-order valence-corrected chi connectivity index (χ1v) is 9.92. The summed E-state index contributed by atoms with van der Waals surface area (Å²) in [4.78, 5) is 11.1. The Kier molecular flexibility index (Phi) is 7.29. The number of hydrogen-bond acceptors (Lipinski definition) is 7. The van der Waals surface area contributed by atoms with Crippen molar-refractivity contribution in [3.8, 4) is 17.0 Å². The van der Waals surface area contributed by atoms with Crippen molar-refractivity contribution in [2.24, 2.45) is 0 Å². The Balaban J connectivity index is 2.08. The molecule has 1 saturated carbocycles. The normalized spacial score (nSPS) is 20.3. The van der Waals surface area contributed by atoms with E-state index < -0.39 is 47.1 Å². The van der Waals surface area contributed by atoms with Crippen molar-refractivity contribution < 1.29 is 36.9 Å². The van der Waals surface area contributed by atoms with Gasteiger partial charge in [0.25, 0.3) is 12.9 Å². The number of rotatable bonds is 10. The zero-order chi connectivity index (χ0) is 23.5. The average Bonchev–Trinajstić information content (AvgIpc) is 2.72. The van der Waals surface area contributed by atoms with E-state index in [4.69, 9.17) is 9.47 Å². The number of nitrogens with zero attached hydrogens (tertiary/aromatic N) is 2. The third-order valence-corrected chi connectivity index (χ3v) is 5.10. The summed E-state index contributed by atoms with van der Waals surface area (Å²) in [5, 5.41) is 20.1. The lowest BCUT2D eigenvalue weighted by Crippen LogP contribution is -2.48. The molecule has 0 spiro atoms. The highest BCUT2D eigenvalue weighted by Gasteiger charge is 2.40. The Labute approximate surface area is 181 Å². The van der Waals surface area contributed by atoms with Gasteiger partial charge in [-0.25, -0.2) is 17.6 Å². The highest BCUT2D eigenvalue weighted by Crippen LogP contribution is 2.43. The van der Waals surface area contributed by atoms with E-state index >= 15 is 0 Å². The summed E-state index contributed by atoms with van der Waals surface area (Å²) in [6.45, 7) is 3.38. The van der Waals surface area contributed by atoms with Crippen molar-refractivity contribution in [2.75, 3.05) is 18.7 Å². The number of aliphatic hydroxyl groups is 1. The van der Waals surface area contributed by atoms with E-state index in [1.807, 2.05) is 0 Å². The molecule has 1 aromatic carbocycles. The van der Waals surface area contributed by atoms with E-state index in [-0.39, 0.29) is 36.5 Å². The molecule has 2 N–H and O–H groups in total. The molecule has 32 heavy (non-hydrogen) atoms. The lowest BCUT2D eigenvalue weighted by molar-refractivity contribution is -0.0236. The Morgan fingerprint density at radius 2 is 1.91 bits per heavy atom. The van der Waals surface area contributed by atoms with Gasteiger partial charge in [0.1, 0.15) is 17.7 Å². The summed E-state index contributed by atoms with van der Waals surface area (Å²) in [7, 11) is 0. The minimum absolute atomic E-state index is 0.0295. The number of aromatic nitrogens is 2. The molecule has 0 aliphatic heterocycles. The standard InChI is InChI=1S/C21H23F4N3O4/c1-3-31-10-32-14-6-11(9-29)4-5-13(14)17-15(18(22)23)16(19(24)25)20(28-27-17)26-12-7-21(2,30)8-12/h4-6,9,12,18-19,30H,3,7-8,10H2,1-2H3,(H,26,28). The predicted molar refractivity (Wildman–Crippen MR) is 107 cm³/mol. The molecule has 0 bridgehead atoms. The van der Waals surface area contributed by atoms with E-state index in [9.17, 15) is 27.5 Å². The molecule has 3 rings (SSSR count). The van der Waals surface area contributed by atoms with Crippen LogP contribution in [-0.2, 0) is 4.74 Å². The fourth-order valence-electron chi connectivity index (χ4n) is 3.62. The third-order valence-electron chi connectivity index (χ3n) is 5.10. The van der Waals surface area contributed by atoms with Gasteiger partial charge in [0.05, 0.1) is 16.7 Å². The zero-order valence-corrected chi connectivity index (χ0v) is 17.4. The fourth-order valence-corrected chi connectivity index (χ4v) is 3.62. The number of benzene rings is 1. The number of alkyl halides is 4. The number of hydrogen-bond donors (Lipinski definition) is 2. The maximum absolute atomic E-state index is 14.1. The second-order valence-corrected chi connectivity index (χ2v) is 7.70. The molecule has 1 aliphatic rings. The predicted octanol–water partition coefficient (Wildman–Crippen LogP) is 4.53. The molecule has 2 aromatic rings. The van der Waals surface area contributed by atoms with Gasteiger partial charge >= 0.3 is 0 Å². The first kappa shape index (κ1) is 23.9. The summed E-state index contributed by atoms with van der Waals surface area (Å²) in [6.07, 6.45) is -5.52. The van der Waals surface area contributed by atoms with Gasteiger partial charge in [-0.1, -0.05) is 6.07 Å². The van der Waals surface area contributed by atoms with E-state index in [2.05, 4.69) is 15.5 Å². The molecule has 7 nitrogen and oxygen atoms in total. The first-order chi connectivity index (χ1) is 15.2. The smallest absolute Gasteiger partial charge is 0.268 e. The molecule has 1 aromatic heterocycles. The molecule has 0 amide bonds. The van der Waals surface area contributed by atoms with Crippen LogP contribution in [0.15, 0.2) is 18.2 Å². The van der Waals surface area contributed by atoms with Crippen LogP contribution < -0.4 is 10.1 Å². The Morgan fingerprint density at radius 3 is 2.47 bits per heavy atom. The second kappa shape index (κ2) is 9.78. The number of nitrogens with one attached hydrogen (secondary N) is 1. The van der Waals surface area contributed by atoms with Crippen LogP contribution in [-0.4, -0.2) is 46.6 Å². The summed E-state index contributed by atoms with van der Waals surface area (Å²) in [5.41, 5.74) is -3.22. The van der Waals surface area contributed by atoms with Gasteiger partial charge in [-0.2, -0.15) is 0 Å². The number of aldehydes is 1. The molecule has 1 aliphatic carbocycles. The van der Waals surface area contributed by atoms with E-state index in [1.54, 1.807) is 13.8 Å². The van der Waals surface area contributed by atoms with Gasteiger partial charge in [0.2, 0.25) is 0 Å². The van der Waals surface area contributed by atoms with Crippen LogP contribution in [0.1, 0.15) is 61.0 Å². The Morgan fingerprint density at radius 1 is 1.22 bits per heavy atom. The molecule has 1 fully saturated rings. The van der Waals surface area contributed by atoms with Gasteiger partial charge in [0, 0.05) is 23.8 Å². The van der Waals surface area contributed by atoms with Crippen molar-refractivity contribution in [1.29, 1.82) is 0 Å². The van der Waals surface area contributed by atoms with Crippen LogP contribution in [0, 0.1) is 0 Å². The monoisotopic (exact) mass is 457 g/mol. The maximum Gasteiger partial charge on any atom is 0.268 e. The topological polar surface area (TPSA) is 93.6 Å². The van der Waals surface area contributed by atoms with Crippen molar-refractivity contribution in [3.63, 3.8) is 0 Å². The highest BCUT2D eigenvalue weighted by atomic mass is 19.3. The highest BCUT2D eigenvalue weighted by molar-refractivity contribution is 5.81. The summed E-state index contributed by atoms with van der Waals surface area (Å²) in [6, 6.07) is 3.50. The molecule has 11 heteroatoms. The van der Waals surface area contributed by atoms with E-state index in [0.29, 0.717) is 12.9 Å². The van der Waals surface area contributed by atoms with Gasteiger partial charge in [-0.3, -0.25) is 4.79 Å². The van der Waals surface area contributed by atoms with Crippen LogP contribution in [0.2, 0.25) is 0 Å². The lowest BCUT2D eigenvalue weighted by Gasteiger charge is -2.41. The van der Waals surface area contributed by atoms with Crippen molar-refractivity contribution >= 4 is 12.1 Å². The second-order valence-electron chi connectivity index (χ2n) is 7.70. The summed E-state index contributed by atoms with van der Waals surface area (Å²) in [5.74, 6) is -0.490. The van der Waals surface area contributed by atoms with Crippen molar-refractivity contribution in [2.45, 2.75) is 51.2 Å². The fraction of sp³-hybridized carbons (Fsp3) is 0.476. The van der Waals surface area contributed by atoms with Crippen LogP contribution >= 0.6 is 0 Å². The van der Waals surface area contributed by atoms with Crippen LogP contribution in [0.3, 0.4) is 0 Å². The summed E-state index contributed by atoms with van der Waals surface area (Å²) < 4.78 is 66.5. The minimum Gasteiger partial charge on any atom is -0.467 e. The third kappa shape index (κ3) is 5.16. The molecule has 1 heterocycles. The van der Waals surface area contributed by atoms with Crippen LogP contribution in [0.25, 0.3) is 11.3 Å². The molecular formula is C21H23F4N3O4. The minimum atomic E-state index is -3.29. The van der Waals surface area contributed by atoms with E-state index in [0.717, 1.165) is 0 Å². The largest absolute Gasteiger partial charge is 0.467 e. The van der Waals surface area contributed by atoms with Crippen molar-refractivity contribution in [1.82, 2.24) is 10.2 Å². The van der Waals surface area contributed by atoms with Crippen LogP contribution in [0.4, 0.5) is 23.4 Å². The number of ether oxygens (including phenoxy) is 2. The number of halogens is 4. The first-order valence-electron chi connectivity index (χ1n) is 9.92. The maximum atomic E-state index is 14.1. The van der Waals surface area contributed by atoms with Gasteiger partial charge in [-0.15, -0.1) is 10.2 Å². The summed E-state index contributed by atoms with van der Waals surface area (Å²) >= 11 is 0. The Bertz CT molecular complexity index is 964. The Hall–Kier alpha value is -2.79. The van der Waals surface area contributed by atoms with Gasteiger partial charge < -0.3 is 19.9 Å². The molecule has 174 valence electrons. The quantitative estimate of drug-likeness (QED) is 0.234. The number of carbonyl (C=O) groups is 1. The SMILES string of the molecule is CCOCOc1cc(C=O)ccc1-c1nnc(NC2CC(C)(O)C2)c(C(F)F)c1C(F)F. The number of anilines is 1. The van der Waals surface area contributed by atoms with Gasteiger partial charge in [0.15, 0.2) is 12.6 Å². The zero-order valence-electron chi connectivity index (χ0n) is 17.4. The molecule has 0 radical (unpaired) electrons. The molecule has 0 atom stereocenters. The molecule has 0 saturated heterocycles. The van der Waals surface area contributed by atoms with Gasteiger partial charge in [-0.05, 0) is 38.8 Å². The number of carbonyl (C=O) groups excluding carboxylic acids is 1. The van der Waals surface area contributed by atoms with Crippen molar-refractivity contribution in [3.05, 3.63) is 34.9 Å². The lowest BCUT2D eigenvalue weighted by atomic mass is 9.77. The van der Waals surface area contributed by atoms with E-state index in [1.165, 1.54) is 18.2 Å².